The van der Waals surface area contributed by atoms with Crippen LogP contribution in [-0.4, -0.2) is 54.2 Å². The zero-order valence-corrected chi connectivity index (χ0v) is 13.8. The molecule has 20 heavy (non-hydrogen) atoms. The number of likely N-dealkylation sites (tertiary alicyclic amines) is 1. The molecule has 0 spiro atoms. The highest BCUT2D eigenvalue weighted by Crippen LogP contribution is 2.44. The summed E-state index contributed by atoms with van der Waals surface area (Å²) in [5.41, 5.74) is 0. The smallest absolute Gasteiger partial charge is 0.169 e. The molecule has 1 saturated heterocycles. The van der Waals surface area contributed by atoms with E-state index in [0.29, 0.717) is 12.1 Å². The van der Waals surface area contributed by atoms with E-state index in [2.05, 4.69) is 29.2 Å². The van der Waals surface area contributed by atoms with E-state index >= 15 is 0 Å². The van der Waals surface area contributed by atoms with Gasteiger partial charge in [0, 0.05) is 25.2 Å². The minimum atomic E-state index is 0.609. The summed E-state index contributed by atoms with van der Waals surface area (Å²) < 4.78 is 0. The maximum absolute atomic E-state index is 5.75. The molecule has 0 unspecified atom stereocenters. The summed E-state index contributed by atoms with van der Waals surface area (Å²) in [6.07, 6.45) is 9.62. The van der Waals surface area contributed by atoms with E-state index in [0.717, 1.165) is 30.0 Å². The van der Waals surface area contributed by atoms with Crippen molar-refractivity contribution in [2.45, 2.75) is 57.0 Å². The molecule has 2 bridgehead atoms. The second-order valence-corrected chi connectivity index (χ2v) is 7.72. The SMILES string of the molecule is CN(C)C[C@@H]1CCCCN1C(=S)N[C@@H]1C[C@H]2CC[C@H]1C2. The first kappa shape index (κ1) is 14.6. The van der Waals surface area contributed by atoms with E-state index in [-0.39, 0.29) is 0 Å². The molecule has 3 aliphatic rings. The zero-order chi connectivity index (χ0) is 14.1. The summed E-state index contributed by atoms with van der Waals surface area (Å²) in [6, 6.07) is 1.28. The lowest BCUT2D eigenvalue weighted by atomic mass is 9.95. The molecule has 0 aromatic carbocycles. The minimum Gasteiger partial charge on any atom is -0.360 e. The molecule has 2 aliphatic carbocycles. The highest BCUT2D eigenvalue weighted by Gasteiger charge is 2.40. The molecule has 1 aliphatic heterocycles. The summed E-state index contributed by atoms with van der Waals surface area (Å²) >= 11 is 5.75. The Morgan fingerprint density at radius 1 is 1.20 bits per heavy atom. The Labute approximate surface area is 129 Å². The molecule has 0 aromatic rings. The molecule has 0 amide bonds. The third-order valence-corrected chi connectivity index (χ3v) is 5.86. The van der Waals surface area contributed by atoms with Gasteiger partial charge in [-0.3, -0.25) is 0 Å². The van der Waals surface area contributed by atoms with E-state index in [4.69, 9.17) is 12.2 Å². The fourth-order valence-corrected chi connectivity index (χ4v) is 4.93. The largest absolute Gasteiger partial charge is 0.360 e. The van der Waals surface area contributed by atoms with Crippen LogP contribution in [0, 0.1) is 11.8 Å². The summed E-state index contributed by atoms with van der Waals surface area (Å²) in [4.78, 5) is 4.77. The third-order valence-electron chi connectivity index (χ3n) is 5.51. The van der Waals surface area contributed by atoms with Crippen LogP contribution >= 0.6 is 12.2 Å². The second kappa shape index (κ2) is 6.18. The van der Waals surface area contributed by atoms with Gasteiger partial charge in [-0.2, -0.15) is 0 Å². The Morgan fingerprint density at radius 3 is 2.70 bits per heavy atom. The number of likely N-dealkylation sites (N-methyl/N-ethyl adjacent to an activating group) is 1. The van der Waals surface area contributed by atoms with E-state index in [1.54, 1.807) is 0 Å². The van der Waals surface area contributed by atoms with Crippen molar-refractivity contribution in [3.8, 4) is 0 Å². The number of fused-ring (bicyclic) bond motifs is 2. The number of piperidine rings is 1. The van der Waals surface area contributed by atoms with E-state index in [1.807, 2.05) is 0 Å². The lowest BCUT2D eigenvalue weighted by molar-refractivity contribution is 0.190. The van der Waals surface area contributed by atoms with Gasteiger partial charge in [0.05, 0.1) is 0 Å². The molecule has 4 atom stereocenters. The average molecular weight is 295 g/mol. The van der Waals surface area contributed by atoms with Crippen LogP contribution in [0.1, 0.15) is 44.9 Å². The normalized spacial score (nSPS) is 36.6. The Morgan fingerprint density at radius 2 is 2.05 bits per heavy atom. The molecule has 0 aromatic heterocycles. The fourth-order valence-electron chi connectivity index (χ4n) is 4.54. The van der Waals surface area contributed by atoms with Crippen molar-refractivity contribution in [1.82, 2.24) is 15.1 Å². The van der Waals surface area contributed by atoms with Gasteiger partial charge in [0.25, 0.3) is 0 Å². The van der Waals surface area contributed by atoms with Crippen molar-refractivity contribution in [2.24, 2.45) is 11.8 Å². The first-order valence-corrected chi connectivity index (χ1v) is 8.76. The molecule has 1 N–H and O–H groups in total. The molecule has 114 valence electrons. The van der Waals surface area contributed by atoms with Crippen LogP contribution in [0.15, 0.2) is 0 Å². The molecule has 4 heteroatoms. The molecule has 2 saturated carbocycles. The molecule has 3 rings (SSSR count). The highest BCUT2D eigenvalue weighted by atomic mass is 32.1. The molecule has 3 fully saturated rings. The highest BCUT2D eigenvalue weighted by molar-refractivity contribution is 7.80. The summed E-state index contributed by atoms with van der Waals surface area (Å²) in [6.45, 7) is 2.27. The Kier molecular flexibility index (Phi) is 4.51. The lowest BCUT2D eigenvalue weighted by Crippen LogP contribution is -2.54. The lowest BCUT2D eigenvalue weighted by Gasteiger charge is -2.40. The molecular formula is C16H29N3S. The molecular weight excluding hydrogens is 266 g/mol. The third kappa shape index (κ3) is 3.11. The Hall–Kier alpha value is -0.350. The first-order valence-electron chi connectivity index (χ1n) is 8.35. The molecule has 1 heterocycles. The van der Waals surface area contributed by atoms with E-state index in [9.17, 15) is 0 Å². The van der Waals surface area contributed by atoms with Crippen LogP contribution < -0.4 is 5.32 Å². The number of hydrogen-bond donors (Lipinski definition) is 1. The predicted molar refractivity (Wildman–Crippen MR) is 87.9 cm³/mol. The van der Waals surface area contributed by atoms with Crippen LogP contribution in [0.3, 0.4) is 0 Å². The van der Waals surface area contributed by atoms with Crippen LogP contribution in [-0.2, 0) is 0 Å². The van der Waals surface area contributed by atoms with Crippen molar-refractivity contribution in [3.05, 3.63) is 0 Å². The number of nitrogens with zero attached hydrogens (tertiary/aromatic N) is 2. The van der Waals surface area contributed by atoms with Crippen LogP contribution in [0.5, 0.6) is 0 Å². The summed E-state index contributed by atoms with van der Waals surface area (Å²) in [5.74, 6) is 1.88. The van der Waals surface area contributed by atoms with Gasteiger partial charge in [-0.1, -0.05) is 6.42 Å². The topological polar surface area (TPSA) is 18.5 Å². The average Bonchev–Trinajstić information content (AvgIpc) is 3.00. The van der Waals surface area contributed by atoms with Crippen LogP contribution in [0.4, 0.5) is 0 Å². The van der Waals surface area contributed by atoms with Crippen molar-refractivity contribution in [2.75, 3.05) is 27.2 Å². The zero-order valence-electron chi connectivity index (χ0n) is 13.0. The van der Waals surface area contributed by atoms with Crippen LogP contribution in [0.2, 0.25) is 0 Å². The van der Waals surface area contributed by atoms with E-state index < -0.39 is 0 Å². The summed E-state index contributed by atoms with van der Waals surface area (Å²) in [5, 5.41) is 4.76. The van der Waals surface area contributed by atoms with Gasteiger partial charge in [0.15, 0.2) is 5.11 Å². The van der Waals surface area contributed by atoms with Crippen molar-refractivity contribution < 1.29 is 0 Å². The fraction of sp³-hybridized carbons (Fsp3) is 0.938. The molecule has 3 nitrogen and oxygen atoms in total. The maximum atomic E-state index is 5.75. The van der Waals surface area contributed by atoms with Crippen molar-refractivity contribution in [3.63, 3.8) is 0 Å². The van der Waals surface area contributed by atoms with Crippen molar-refractivity contribution >= 4 is 17.3 Å². The predicted octanol–water partition coefficient (Wildman–Crippen LogP) is 2.47. The number of rotatable bonds is 3. The number of nitrogens with one attached hydrogen (secondary N) is 1. The maximum Gasteiger partial charge on any atom is 0.169 e. The standard InChI is InChI=1S/C16H29N3S/c1-18(2)11-14-5-3-4-8-19(14)16(20)17-15-10-12-6-7-13(15)9-12/h12-15H,3-11H2,1-2H3,(H,17,20)/t12-,13-,14-,15+/m0/s1. The van der Waals surface area contributed by atoms with E-state index in [1.165, 1.54) is 44.9 Å². The number of hydrogen-bond acceptors (Lipinski definition) is 2. The second-order valence-electron chi connectivity index (χ2n) is 7.34. The quantitative estimate of drug-likeness (QED) is 0.806. The Balaban J connectivity index is 1.57. The minimum absolute atomic E-state index is 0.609. The van der Waals surface area contributed by atoms with Gasteiger partial charge >= 0.3 is 0 Å². The number of thiocarbonyl (C=S) groups is 1. The molecule has 0 radical (unpaired) electrons. The van der Waals surface area contributed by atoms with Crippen molar-refractivity contribution in [1.29, 1.82) is 0 Å². The van der Waals surface area contributed by atoms with Gasteiger partial charge in [-0.05, 0) is 76.7 Å². The van der Waals surface area contributed by atoms with Gasteiger partial charge in [-0.15, -0.1) is 0 Å². The van der Waals surface area contributed by atoms with Crippen LogP contribution in [0.25, 0.3) is 0 Å². The summed E-state index contributed by atoms with van der Waals surface area (Å²) in [7, 11) is 4.33. The first-order chi connectivity index (χ1) is 9.63. The van der Waals surface area contributed by atoms with Gasteiger partial charge < -0.3 is 15.1 Å². The monoisotopic (exact) mass is 295 g/mol. The van der Waals surface area contributed by atoms with Gasteiger partial charge in [0.2, 0.25) is 0 Å². The van der Waals surface area contributed by atoms with Gasteiger partial charge in [0.1, 0.15) is 0 Å². The van der Waals surface area contributed by atoms with Gasteiger partial charge in [-0.25, -0.2) is 0 Å². The Bertz CT molecular complexity index is 358.